The molecule has 0 fully saturated rings. The van der Waals surface area contributed by atoms with E-state index >= 15 is 0 Å². The molecule has 1 aliphatic carbocycles. The van der Waals surface area contributed by atoms with Crippen molar-refractivity contribution in [3.8, 4) is 11.1 Å². The number of fused-ring (bicyclic) bond motifs is 3. The van der Waals surface area contributed by atoms with Gasteiger partial charge in [0.1, 0.15) is 0 Å². The average molecular weight is 309 g/mol. The van der Waals surface area contributed by atoms with Crippen LogP contribution in [0, 0.1) is 0 Å². The summed E-state index contributed by atoms with van der Waals surface area (Å²) in [6, 6.07) is 15.2. The molecule has 2 nitrogen and oxygen atoms in total. The maximum Gasteiger partial charge on any atom is 0.335 e. The minimum Gasteiger partial charge on any atom is -0.168 e. The summed E-state index contributed by atoms with van der Waals surface area (Å²) >= 11 is 2.77. The van der Waals surface area contributed by atoms with Gasteiger partial charge in [-0.3, -0.25) is 0 Å². The van der Waals surface area contributed by atoms with E-state index in [-0.39, 0.29) is 0 Å². The van der Waals surface area contributed by atoms with Gasteiger partial charge in [-0.25, -0.2) is 0 Å². The lowest BCUT2D eigenvalue weighted by atomic mass is 10.1. The van der Waals surface area contributed by atoms with Crippen LogP contribution in [0.15, 0.2) is 46.9 Å². The second kappa shape index (κ2) is 5.38. The molecule has 86 valence electrons. The minimum absolute atomic E-state index is 0.750. The third-order valence-corrected chi connectivity index (χ3v) is 3.25. The van der Waals surface area contributed by atoms with E-state index in [1.807, 2.05) is 0 Å². The van der Waals surface area contributed by atoms with Crippen molar-refractivity contribution in [2.45, 2.75) is 6.42 Å². The molecule has 3 rings (SSSR count). The molecule has 4 heteroatoms. The normalized spacial score (nSPS) is 10.9. The molecule has 0 N–H and O–H groups in total. The van der Waals surface area contributed by atoms with Gasteiger partial charge in [0, 0.05) is 4.47 Å². The van der Waals surface area contributed by atoms with Crippen molar-refractivity contribution in [3.05, 3.63) is 58.1 Å². The Labute approximate surface area is 111 Å². The number of hydrogen-bond acceptors (Lipinski definition) is 2. The zero-order valence-corrected chi connectivity index (χ0v) is 11.3. The quantitative estimate of drug-likeness (QED) is 0.638. The van der Waals surface area contributed by atoms with E-state index in [4.69, 9.17) is 8.42 Å². The van der Waals surface area contributed by atoms with Crippen molar-refractivity contribution in [1.82, 2.24) is 0 Å². The van der Waals surface area contributed by atoms with Crippen LogP contribution in [-0.2, 0) is 18.0 Å². The predicted molar refractivity (Wildman–Crippen MR) is 71.3 cm³/mol. The Bertz CT molecular complexity index is 590. The molecular formula is C13H9BrO2S. The smallest absolute Gasteiger partial charge is 0.168 e. The monoisotopic (exact) mass is 308 g/mol. The molecule has 2 aromatic carbocycles. The fourth-order valence-electron chi connectivity index (χ4n) is 2.10. The Kier molecular flexibility index (Phi) is 3.86. The lowest BCUT2D eigenvalue weighted by Gasteiger charge is -2.00. The first kappa shape index (κ1) is 12.2. The number of halogens is 1. The molecule has 0 atom stereocenters. The average Bonchev–Trinajstić information content (AvgIpc) is 2.68. The Hall–Kier alpha value is -1.26. The highest BCUT2D eigenvalue weighted by Crippen LogP contribution is 2.37. The van der Waals surface area contributed by atoms with Crippen LogP contribution in [0.25, 0.3) is 11.1 Å². The summed E-state index contributed by atoms with van der Waals surface area (Å²) in [7, 11) is 0. The van der Waals surface area contributed by atoms with Crippen molar-refractivity contribution in [2.24, 2.45) is 0 Å². The van der Waals surface area contributed by atoms with Gasteiger partial charge < -0.3 is 0 Å². The van der Waals surface area contributed by atoms with E-state index in [1.165, 1.54) is 22.3 Å². The minimum atomic E-state index is -0.750. The van der Waals surface area contributed by atoms with Crippen molar-refractivity contribution < 1.29 is 8.42 Å². The second-order valence-electron chi connectivity index (χ2n) is 3.70. The van der Waals surface area contributed by atoms with Crippen LogP contribution in [0.4, 0.5) is 0 Å². The highest BCUT2D eigenvalue weighted by Gasteiger charge is 2.16. The summed E-state index contributed by atoms with van der Waals surface area (Å²) in [5, 5.41) is 0. The molecule has 0 unspecified atom stereocenters. The predicted octanol–water partition coefficient (Wildman–Crippen LogP) is 3.35. The summed E-state index contributed by atoms with van der Waals surface area (Å²) in [5.74, 6) is 0. The first-order valence-corrected chi connectivity index (χ1v) is 6.50. The third kappa shape index (κ3) is 2.53. The maximum atomic E-state index is 8.29. The van der Waals surface area contributed by atoms with Crippen LogP contribution in [0.3, 0.4) is 0 Å². The fourth-order valence-corrected chi connectivity index (χ4v) is 2.46. The number of rotatable bonds is 0. The molecule has 0 aromatic heterocycles. The van der Waals surface area contributed by atoms with Crippen LogP contribution in [0.2, 0.25) is 0 Å². The van der Waals surface area contributed by atoms with Gasteiger partial charge >= 0.3 is 11.6 Å². The summed E-state index contributed by atoms with van der Waals surface area (Å²) in [6.07, 6.45) is 1.08. The van der Waals surface area contributed by atoms with Crippen molar-refractivity contribution in [1.29, 1.82) is 0 Å². The van der Waals surface area contributed by atoms with Crippen LogP contribution in [0.5, 0.6) is 0 Å². The Morgan fingerprint density at radius 3 is 2.35 bits per heavy atom. The van der Waals surface area contributed by atoms with Crippen LogP contribution in [-0.4, -0.2) is 8.42 Å². The SMILES string of the molecule is Brc1ccc2c(c1)-c1ccccc1C2.O=S=O. The van der Waals surface area contributed by atoms with Gasteiger partial charge in [-0.1, -0.05) is 46.3 Å². The van der Waals surface area contributed by atoms with E-state index in [0.29, 0.717) is 0 Å². The molecular weight excluding hydrogens is 300 g/mol. The molecule has 1 aliphatic rings. The largest absolute Gasteiger partial charge is 0.335 e. The fraction of sp³-hybridized carbons (Fsp3) is 0.0769. The first-order chi connectivity index (χ1) is 8.26. The molecule has 0 aliphatic heterocycles. The standard InChI is InChI=1S/C13H9Br.O2S/c14-11-6-5-10-7-9-3-1-2-4-12(9)13(10)8-11;1-3-2/h1-6,8H,7H2;. The highest BCUT2D eigenvalue weighted by molar-refractivity contribution is 9.10. The first-order valence-electron chi connectivity index (χ1n) is 5.04. The molecule has 0 radical (unpaired) electrons. The zero-order chi connectivity index (χ0) is 12.3. The lowest BCUT2D eigenvalue weighted by Crippen LogP contribution is -1.78. The van der Waals surface area contributed by atoms with Gasteiger partial charge in [0.05, 0.1) is 0 Å². The van der Waals surface area contributed by atoms with Crippen molar-refractivity contribution >= 4 is 27.5 Å². The Morgan fingerprint density at radius 2 is 1.59 bits per heavy atom. The maximum absolute atomic E-state index is 8.29. The van der Waals surface area contributed by atoms with Crippen molar-refractivity contribution in [2.75, 3.05) is 0 Å². The topological polar surface area (TPSA) is 34.1 Å². The molecule has 0 spiro atoms. The van der Waals surface area contributed by atoms with Gasteiger partial charge in [-0.2, -0.15) is 8.42 Å². The summed E-state index contributed by atoms with van der Waals surface area (Å²) < 4.78 is 17.7. The molecule has 0 heterocycles. The van der Waals surface area contributed by atoms with Crippen molar-refractivity contribution in [3.63, 3.8) is 0 Å². The number of benzene rings is 2. The van der Waals surface area contributed by atoms with Gasteiger partial charge in [0.25, 0.3) is 0 Å². The van der Waals surface area contributed by atoms with E-state index in [0.717, 1.165) is 10.9 Å². The molecule has 0 saturated carbocycles. The van der Waals surface area contributed by atoms with E-state index in [1.54, 1.807) is 0 Å². The summed E-state index contributed by atoms with van der Waals surface area (Å²) in [4.78, 5) is 0. The van der Waals surface area contributed by atoms with Crippen LogP contribution >= 0.6 is 15.9 Å². The van der Waals surface area contributed by atoms with Gasteiger partial charge in [-0.05, 0) is 40.8 Å². The van der Waals surface area contributed by atoms with Gasteiger partial charge in [0.2, 0.25) is 0 Å². The summed E-state index contributed by atoms with van der Waals surface area (Å²) in [5.41, 5.74) is 5.66. The van der Waals surface area contributed by atoms with E-state index in [9.17, 15) is 0 Å². The zero-order valence-electron chi connectivity index (χ0n) is 8.85. The second-order valence-corrected chi connectivity index (χ2v) is 4.76. The number of hydrogen-bond donors (Lipinski definition) is 0. The third-order valence-electron chi connectivity index (χ3n) is 2.76. The molecule has 17 heavy (non-hydrogen) atoms. The van der Waals surface area contributed by atoms with E-state index in [2.05, 4.69) is 58.4 Å². The van der Waals surface area contributed by atoms with Gasteiger partial charge in [0.15, 0.2) is 0 Å². The molecule has 0 amide bonds. The van der Waals surface area contributed by atoms with Crippen LogP contribution < -0.4 is 0 Å². The Morgan fingerprint density at radius 1 is 0.941 bits per heavy atom. The summed E-state index contributed by atoms with van der Waals surface area (Å²) in [6.45, 7) is 0. The molecule has 2 aromatic rings. The lowest BCUT2D eigenvalue weighted by molar-refractivity contribution is 0.630. The van der Waals surface area contributed by atoms with E-state index < -0.39 is 11.6 Å². The molecule has 0 saturated heterocycles. The van der Waals surface area contributed by atoms with Gasteiger partial charge in [-0.15, -0.1) is 0 Å². The molecule has 0 bridgehead atoms. The highest BCUT2D eigenvalue weighted by atomic mass is 79.9. The Balaban J connectivity index is 0.000000329. The van der Waals surface area contributed by atoms with Crippen LogP contribution in [0.1, 0.15) is 11.1 Å².